The zero-order valence-electron chi connectivity index (χ0n) is 10.4. The van der Waals surface area contributed by atoms with Crippen LogP contribution in [0.4, 0.5) is 13.2 Å². The Kier molecular flexibility index (Phi) is 4.92. The summed E-state index contributed by atoms with van der Waals surface area (Å²) in [5.74, 6) is -2.10. The van der Waals surface area contributed by atoms with E-state index in [4.69, 9.17) is 5.26 Å². The lowest BCUT2D eigenvalue weighted by molar-refractivity contribution is -0.158. The van der Waals surface area contributed by atoms with Crippen molar-refractivity contribution in [2.45, 2.75) is 18.6 Å². The summed E-state index contributed by atoms with van der Waals surface area (Å²) in [7, 11) is 0. The van der Waals surface area contributed by atoms with Crippen LogP contribution < -0.4 is 5.32 Å². The van der Waals surface area contributed by atoms with Crippen molar-refractivity contribution in [3.63, 3.8) is 0 Å². The van der Waals surface area contributed by atoms with Crippen LogP contribution in [0.5, 0.6) is 0 Å². The molecule has 1 rings (SSSR count). The van der Waals surface area contributed by atoms with E-state index in [1.807, 2.05) is 0 Å². The smallest absolute Gasteiger partial charge is 0.394 e. The Morgan fingerprint density at radius 2 is 1.89 bits per heavy atom. The second-order valence-electron chi connectivity index (χ2n) is 4.46. The molecule has 0 aromatic heterocycles. The summed E-state index contributed by atoms with van der Waals surface area (Å²) in [5, 5.41) is 20.6. The van der Waals surface area contributed by atoms with Gasteiger partial charge < -0.3 is 10.4 Å². The molecule has 0 saturated heterocycles. The van der Waals surface area contributed by atoms with Crippen molar-refractivity contribution in [2.24, 2.45) is 5.92 Å². The zero-order chi connectivity index (χ0) is 14.5. The van der Waals surface area contributed by atoms with Crippen LogP contribution in [0, 0.1) is 17.2 Å². The molecule has 0 aliphatic rings. The molecule has 2 unspecified atom stereocenters. The number of halogens is 3. The van der Waals surface area contributed by atoms with Crippen LogP contribution in [0.25, 0.3) is 0 Å². The van der Waals surface area contributed by atoms with Gasteiger partial charge in [-0.1, -0.05) is 30.3 Å². The van der Waals surface area contributed by atoms with Gasteiger partial charge in [0.15, 0.2) is 5.92 Å². The summed E-state index contributed by atoms with van der Waals surface area (Å²) in [6.45, 7) is 0.659. The van der Waals surface area contributed by atoms with E-state index < -0.39 is 24.2 Å². The van der Waals surface area contributed by atoms with E-state index in [1.54, 1.807) is 37.3 Å². The largest absolute Gasteiger partial charge is 0.405 e. The lowest BCUT2D eigenvalue weighted by atomic mass is 9.92. The number of aliphatic hydroxyl groups is 1. The van der Waals surface area contributed by atoms with E-state index in [1.165, 1.54) is 6.07 Å². The monoisotopic (exact) mass is 272 g/mol. The summed E-state index contributed by atoms with van der Waals surface area (Å²) in [5.41, 5.74) is -0.349. The number of hydrogen-bond donors (Lipinski definition) is 2. The molecule has 0 aliphatic heterocycles. The highest BCUT2D eigenvalue weighted by Crippen LogP contribution is 2.27. The van der Waals surface area contributed by atoms with Gasteiger partial charge in [-0.15, -0.1) is 0 Å². The molecule has 19 heavy (non-hydrogen) atoms. The highest BCUT2D eigenvalue weighted by molar-refractivity contribution is 5.23. The fraction of sp³-hybridized carbons (Fsp3) is 0.462. The van der Waals surface area contributed by atoms with Crippen LogP contribution in [-0.2, 0) is 5.54 Å². The number of alkyl halides is 3. The lowest BCUT2D eigenvalue weighted by Gasteiger charge is -2.30. The number of nitriles is 1. The van der Waals surface area contributed by atoms with E-state index in [-0.39, 0.29) is 6.61 Å². The van der Waals surface area contributed by atoms with Crippen molar-refractivity contribution in [3.8, 4) is 6.07 Å². The van der Waals surface area contributed by atoms with Crippen molar-refractivity contribution in [1.82, 2.24) is 5.32 Å². The first-order chi connectivity index (χ1) is 8.83. The molecule has 0 amide bonds. The Labute approximate surface area is 109 Å². The van der Waals surface area contributed by atoms with E-state index in [0.29, 0.717) is 5.56 Å². The number of hydrogen-bond acceptors (Lipinski definition) is 3. The van der Waals surface area contributed by atoms with Gasteiger partial charge >= 0.3 is 6.18 Å². The number of aliphatic hydroxyl groups excluding tert-OH is 1. The molecule has 0 heterocycles. The van der Waals surface area contributed by atoms with Crippen molar-refractivity contribution < 1.29 is 18.3 Å². The molecule has 6 heteroatoms. The zero-order valence-corrected chi connectivity index (χ0v) is 10.4. The van der Waals surface area contributed by atoms with Gasteiger partial charge in [-0.05, 0) is 12.5 Å². The third-order valence-corrected chi connectivity index (χ3v) is 2.97. The summed E-state index contributed by atoms with van der Waals surface area (Å²) < 4.78 is 37.4. The number of benzene rings is 1. The SMILES string of the molecule is CC(CO)(NCC(C#N)C(F)(F)F)c1ccccc1. The van der Waals surface area contributed by atoms with Crippen LogP contribution >= 0.6 is 0 Å². The number of nitrogens with zero attached hydrogens (tertiary/aromatic N) is 1. The van der Waals surface area contributed by atoms with Crippen molar-refractivity contribution in [1.29, 1.82) is 5.26 Å². The molecule has 0 bridgehead atoms. The molecule has 0 fully saturated rings. The molecule has 2 atom stereocenters. The minimum Gasteiger partial charge on any atom is -0.394 e. The van der Waals surface area contributed by atoms with Gasteiger partial charge in [0, 0.05) is 6.54 Å². The standard InChI is InChI=1S/C13H15F3N2O/c1-12(9-19,10-5-3-2-4-6-10)18-8-11(7-17)13(14,15)16/h2-6,11,18-19H,8-9H2,1H3. The molecule has 1 aromatic rings. The Balaban J connectivity index is 2.81. The predicted molar refractivity (Wildman–Crippen MR) is 64.0 cm³/mol. The van der Waals surface area contributed by atoms with Gasteiger partial charge in [0.25, 0.3) is 0 Å². The number of nitrogens with one attached hydrogen (secondary N) is 1. The molecular formula is C13H15F3N2O. The van der Waals surface area contributed by atoms with Crippen molar-refractivity contribution in [3.05, 3.63) is 35.9 Å². The topological polar surface area (TPSA) is 56.0 Å². The Hall–Kier alpha value is -1.58. The third kappa shape index (κ3) is 3.94. The van der Waals surface area contributed by atoms with E-state index in [9.17, 15) is 18.3 Å². The van der Waals surface area contributed by atoms with E-state index in [0.717, 1.165) is 0 Å². The molecule has 0 aliphatic carbocycles. The minimum atomic E-state index is -4.57. The van der Waals surface area contributed by atoms with Gasteiger partial charge in [-0.2, -0.15) is 18.4 Å². The highest BCUT2D eigenvalue weighted by Gasteiger charge is 2.41. The first-order valence-corrected chi connectivity index (χ1v) is 5.71. The van der Waals surface area contributed by atoms with Crippen LogP contribution in [-0.4, -0.2) is 24.4 Å². The summed E-state index contributed by atoms with van der Waals surface area (Å²) in [6, 6.07) is 9.87. The van der Waals surface area contributed by atoms with E-state index in [2.05, 4.69) is 5.32 Å². The highest BCUT2D eigenvalue weighted by atomic mass is 19.4. The molecule has 3 nitrogen and oxygen atoms in total. The van der Waals surface area contributed by atoms with Crippen LogP contribution in [0.3, 0.4) is 0 Å². The average molecular weight is 272 g/mol. The normalized spacial score (nSPS) is 16.4. The molecular weight excluding hydrogens is 257 g/mol. The summed E-state index contributed by atoms with van der Waals surface area (Å²) >= 11 is 0. The van der Waals surface area contributed by atoms with Crippen LogP contribution in [0.1, 0.15) is 12.5 Å². The molecule has 0 saturated carbocycles. The van der Waals surface area contributed by atoms with Gasteiger partial charge in [0.05, 0.1) is 18.2 Å². The molecule has 2 N–H and O–H groups in total. The maximum atomic E-state index is 12.5. The van der Waals surface area contributed by atoms with Crippen LogP contribution in [0.15, 0.2) is 30.3 Å². The Bertz CT molecular complexity index is 441. The van der Waals surface area contributed by atoms with Gasteiger partial charge in [0.1, 0.15) is 0 Å². The van der Waals surface area contributed by atoms with Crippen molar-refractivity contribution >= 4 is 0 Å². The van der Waals surface area contributed by atoms with Gasteiger partial charge in [-0.25, -0.2) is 0 Å². The summed E-state index contributed by atoms with van der Waals surface area (Å²) in [4.78, 5) is 0. The fourth-order valence-electron chi connectivity index (χ4n) is 1.62. The van der Waals surface area contributed by atoms with Crippen LogP contribution in [0.2, 0.25) is 0 Å². The predicted octanol–water partition coefficient (Wildman–Crippen LogP) is 2.19. The lowest BCUT2D eigenvalue weighted by Crippen LogP contribution is -2.47. The van der Waals surface area contributed by atoms with Gasteiger partial charge in [0.2, 0.25) is 0 Å². The van der Waals surface area contributed by atoms with Gasteiger partial charge in [-0.3, -0.25) is 0 Å². The van der Waals surface area contributed by atoms with Crippen molar-refractivity contribution in [2.75, 3.05) is 13.2 Å². The second-order valence-corrected chi connectivity index (χ2v) is 4.46. The summed E-state index contributed by atoms with van der Waals surface area (Å²) in [6.07, 6.45) is -4.57. The Morgan fingerprint density at radius 3 is 2.32 bits per heavy atom. The molecule has 0 radical (unpaired) electrons. The quantitative estimate of drug-likeness (QED) is 0.864. The molecule has 104 valence electrons. The Morgan fingerprint density at radius 1 is 1.32 bits per heavy atom. The third-order valence-electron chi connectivity index (χ3n) is 2.97. The number of rotatable bonds is 5. The first-order valence-electron chi connectivity index (χ1n) is 5.71. The second kappa shape index (κ2) is 6.04. The average Bonchev–Trinajstić information content (AvgIpc) is 2.38. The van der Waals surface area contributed by atoms with E-state index >= 15 is 0 Å². The fourth-order valence-corrected chi connectivity index (χ4v) is 1.62. The maximum absolute atomic E-state index is 12.5. The molecule has 0 spiro atoms. The maximum Gasteiger partial charge on any atom is 0.405 e. The first kappa shape index (κ1) is 15.5. The molecule has 1 aromatic carbocycles. The minimum absolute atomic E-state index is 0.368.